The molecular weight excluding hydrogens is 150 g/mol. The van der Waals surface area contributed by atoms with Crippen molar-refractivity contribution in [3.8, 4) is 0 Å². The van der Waals surface area contributed by atoms with Gasteiger partial charge >= 0.3 is 0 Å². The zero-order valence-electron chi connectivity index (χ0n) is 7.09. The van der Waals surface area contributed by atoms with Crippen molar-refractivity contribution in [3.63, 3.8) is 0 Å². The van der Waals surface area contributed by atoms with Crippen LogP contribution in [0.3, 0.4) is 0 Å². The van der Waals surface area contributed by atoms with Crippen LogP contribution in [0.2, 0.25) is 0 Å². The third kappa shape index (κ3) is 2.43. The molecule has 0 bridgehead atoms. The van der Waals surface area contributed by atoms with E-state index in [2.05, 4.69) is 5.32 Å². The molecule has 0 atom stereocenters. The minimum absolute atomic E-state index is 0.708. The molecule has 12 heavy (non-hydrogen) atoms. The molecule has 0 radical (unpaired) electrons. The molecule has 5 N–H and O–H groups in total. The van der Waals surface area contributed by atoms with Crippen LogP contribution in [0.4, 0.5) is 11.4 Å². The summed E-state index contributed by atoms with van der Waals surface area (Å²) in [4.78, 5) is 0. The maximum Gasteiger partial charge on any atom is 0.0573 e. The first kappa shape index (κ1) is 8.87. The Hall–Kier alpha value is -1.22. The van der Waals surface area contributed by atoms with E-state index in [0.29, 0.717) is 6.54 Å². The van der Waals surface area contributed by atoms with E-state index in [1.54, 1.807) is 0 Å². The van der Waals surface area contributed by atoms with Crippen molar-refractivity contribution in [1.82, 2.24) is 0 Å². The zero-order chi connectivity index (χ0) is 8.81. The summed E-state index contributed by atoms with van der Waals surface area (Å²) in [5, 5.41) is 3.21. The maximum absolute atomic E-state index is 5.71. The molecule has 3 nitrogen and oxygen atoms in total. The van der Waals surface area contributed by atoms with Gasteiger partial charge in [0, 0.05) is 6.54 Å². The topological polar surface area (TPSA) is 64.1 Å². The number of nitrogen functional groups attached to an aromatic ring is 1. The third-order valence-electron chi connectivity index (χ3n) is 1.66. The molecule has 0 aliphatic carbocycles. The Bertz CT molecular complexity index is 235. The second-order valence-electron chi connectivity index (χ2n) is 2.66. The number of hydrogen-bond donors (Lipinski definition) is 3. The van der Waals surface area contributed by atoms with Crippen molar-refractivity contribution >= 4 is 11.4 Å². The Morgan fingerprint density at radius 2 is 2.00 bits per heavy atom. The van der Waals surface area contributed by atoms with E-state index in [4.69, 9.17) is 11.5 Å². The molecule has 0 aliphatic rings. The minimum atomic E-state index is 0.708. The largest absolute Gasteiger partial charge is 0.397 e. The van der Waals surface area contributed by atoms with Gasteiger partial charge in [0.25, 0.3) is 0 Å². The van der Waals surface area contributed by atoms with Crippen LogP contribution in [-0.4, -0.2) is 13.1 Å². The van der Waals surface area contributed by atoms with Gasteiger partial charge in [-0.2, -0.15) is 0 Å². The fourth-order valence-corrected chi connectivity index (χ4v) is 0.983. The van der Waals surface area contributed by atoms with Crippen LogP contribution in [0.25, 0.3) is 0 Å². The summed E-state index contributed by atoms with van der Waals surface area (Å²) in [5.74, 6) is 0. The molecule has 1 aromatic rings. The lowest BCUT2D eigenvalue weighted by molar-refractivity contribution is 0.875. The van der Waals surface area contributed by atoms with Crippen molar-refractivity contribution in [2.75, 3.05) is 24.1 Å². The van der Waals surface area contributed by atoms with E-state index >= 15 is 0 Å². The predicted octanol–water partition coefficient (Wildman–Crippen LogP) is 1.03. The van der Waals surface area contributed by atoms with Gasteiger partial charge in [0.05, 0.1) is 11.4 Å². The molecule has 66 valence electrons. The SMILES string of the molecule is NCCCNc1ccccc1N. The van der Waals surface area contributed by atoms with E-state index < -0.39 is 0 Å². The quantitative estimate of drug-likeness (QED) is 0.461. The number of nitrogens with two attached hydrogens (primary N) is 2. The van der Waals surface area contributed by atoms with Gasteiger partial charge < -0.3 is 16.8 Å². The van der Waals surface area contributed by atoms with Crippen LogP contribution in [0, 0.1) is 0 Å². The molecule has 0 unspecified atom stereocenters. The van der Waals surface area contributed by atoms with Crippen molar-refractivity contribution in [1.29, 1.82) is 0 Å². The fourth-order valence-electron chi connectivity index (χ4n) is 0.983. The molecule has 0 amide bonds. The van der Waals surface area contributed by atoms with E-state index in [0.717, 1.165) is 24.3 Å². The highest BCUT2D eigenvalue weighted by Gasteiger charge is 1.93. The van der Waals surface area contributed by atoms with Gasteiger partial charge in [-0.15, -0.1) is 0 Å². The van der Waals surface area contributed by atoms with Crippen LogP contribution >= 0.6 is 0 Å². The van der Waals surface area contributed by atoms with Crippen LogP contribution in [0.5, 0.6) is 0 Å². The lowest BCUT2D eigenvalue weighted by atomic mass is 10.2. The molecule has 0 fully saturated rings. The van der Waals surface area contributed by atoms with E-state index in [-0.39, 0.29) is 0 Å². The summed E-state index contributed by atoms with van der Waals surface area (Å²) in [6.45, 7) is 1.59. The average molecular weight is 165 g/mol. The second kappa shape index (κ2) is 4.62. The van der Waals surface area contributed by atoms with E-state index in [9.17, 15) is 0 Å². The Kier molecular flexibility index (Phi) is 3.41. The van der Waals surface area contributed by atoms with E-state index in [1.807, 2.05) is 24.3 Å². The van der Waals surface area contributed by atoms with Crippen LogP contribution < -0.4 is 16.8 Å². The Balaban J connectivity index is 2.46. The molecule has 0 heterocycles. The molecule has 1 rings (SSSR count). The Labute approximate surface area is 72.8 Å². The average Bonchev–Trinajstić information content (AvgIpc) is 2.09. The standard InChI is InChI=1S/C9H15N3/c10-6-3-7-12-9-5-2-1-4-8(9)11/h1-2,4-5,12H,3,6-7,10-11H2. The molecule has 1 aromatic carbocycles. The number of nitrogens with one attached hydrogen (secondary N) is 1. The summed E-state index contributed by atoms with van der Waals surface area (Å²) in [6.07, 6.45) is 0.967. The lowest BCUT2D eigenvalue weighted by Gasteiger charge is -2.07. The number of anilines is 2. The summed E-state index contributed by atoms with van der Waals surface area (Å²) < 4.78 is 0. The maximum atomic E-state index is 5.71. The van der Waals surface area contributed by atoms with Crippen molar-refractivity contribution in [2.45, 2.75) is 6.42 Å². The van der Waals surface area contributed by atoms with Crippen LogP contribution in [0.1, 0.15) is 6.42 Å². The first-order valence-corrected chi connectivity index (χ1v) is 4.13. The van der Waals surface area contributed by atoms with E-state index in [1.165, 1.54) is 0 Å². The number of para-hydroxylation sites is 2. The highest BCUT2D eigenvalue weighted by molar-refractivity contribution is 5.65. The number of benzene rings is 1. The van der Waals surface area contributed by atoms with Gasteiger partial charge in [0.15, 0.2) is 0 Å². The minimum Gasteiger partial charge on any atom is -0.397 e. The predicted molar refractivity (Wildman–Crippen MR) is 53.0 cm³/mol. The summed E-state index contributed by atoms with van der Waals surface area (Å²) in [7, 11) is 0. The zero-order valence-corrected chi connectivity index (χ0v) is 7.09. The van der Waals surface area contributed by atoms with Gasteiger partial charge in [-0.1, -0.05) is 12.1 Å². The number of rotatable bonds is 4. The summed E-state index contributed by atoms with van der Waals surface area (Å²) in [6, 6.07) is 7.72. The highest BCUT2D eigenvalue weighted by atomic mass is 14.9. The third-order valence-corrected chi connectivity index (χ3v) is 1.66. The molecule has 0 aliphatic heterocycles. The molecular formula is C9H15N3. The molecule has 0 saturated carbocycles. The highest BCUT2D eigenvalue weighted by Crippen LogP contribution is 2.15. The van der Waals surface area contributed by atoms with Gasteiger partial charge in [-0.25, -0.2) is 0 Å². The molecule has 0 spiro atoms. The first-order valence-electron chi connectivity index (χ1n) is 4.13. The van der Waals surface area contributed by atoms with Crippen LogP contribution in [-0.2, 0) is 0 Å². The molecule has 0 saturated heterocycles. The molecule has 0 aromatic heterocycles. The smallest absolute Gasteiger partial charge is 0.0573 e. The van der Waals surface area contributed by atoms with Crippen LogP contribution in [0.15, 0.2) is 24.3 Å². The van der Waals surface area contributed by atoms with Crippen molar-refractivity contribution < 1.29 is 0 Å². The first-order chi connectivity index (χ1) is 5.84. The van der Waals surface area contributed by atoms with Crippen molar-refractivity contribution in [2.24, 2.45) is 5.73 Å². The summed E-state index contributed by atoms with van der Waals surface area (Å²) >= 11 is 0. The fraction of sp³-hybridized carbons (Fsp3) is 0.333. The molecule has 3 heteroatoms. The van der Waals surface area contributed by atoms with Crippen molar-refractivity contribution in [3.05, 3.63) is 24.3 Å². The Morgan fingerprint density at radius 3 is 2.67 bits per heavy atom. The van der Waals surface area contributed by atoms with Gasteiger partial charge in [0.1, 0.15) is 0 Å². The second-order valence-corrected chi connectivity index (χ2v) is 2.66. The Morgan fingerprint density at radius 1 is 1.25 bits per heavy atom. The number of hydrogen-bond acceptors (Lipinski definition) is 3. The van der Waals surface area contributed by atoms with Gasteiger partial charge in [-0.3, -0.25) is 0 Å². The summed E-state index contributed by atoms with van der Waals surface area (Å²) in [5.41, 5.74) is 12.8. The van der Waals surface area contributed by atoms with Gasteiger partial charge in [0.2, 0.25) is 0 Å². The monoisotopic (exact) mass is 165 g/mol. The normalized spacial score (nSPS) is 9.75. The van der Waals surface area contributed by atoms with Gasteiger partial charge in [-0.05, 0) is 25.1 Å². The lowest BCUT2D eigenvalue weighted by Crippen LogP contribution is -2.09.